The fraction of sp³-hybridized carbons (Fsp3) is 0.500. The van der Waals surface area contributed by atoms with Gasteiger partial charge in [-0.15, -0.1) is 0 Å². The maximum atomic E-state index is 12.3. The summed E-state index contributed by atoms with van der Waals surface area (Å²) in [4.78, 5) is 14.2. The van der Waals surface area contributed by atoms with Crippen molar-refractivity contribution in [1.82, 2.24) is 10.2 Å². The van der Waals surface area contributed by atoms with Gasteiger partial charge in [0.1, 0.15) is 0 Å². The van der Waals surface area contributed by atoms with Crippen LogP contribution < -0.4 is 5.32 Å². The Kier molecular flexibility index (Phi) is 5.08. The lowest BCUT2D eigenvalue weighted by Gasteiger charge is -2.30. The Morgan fingerprint density at radius 3 is 2.68 bits per heavy atom. The molecule has 1 aliphatic heterocycles. The molecule has 0 saturated carbocycles. The fourth-order valence-electron chi connectivity index (χ4n) is 2.30. The molecule has 19 heavy (non-hydrogen) atoms. The van der Waals surface area contributed by atoms with Crippen LogP contribution in [0.15, 0.2) is 18.2 Å². The van der Waals surface area contributed by atoms with Crippen molar-refractivity contribution in [2.24, 2.45) is 5.92 Å². The quantitative estimate of drug-likeness (QED) is 0.931. The van der Waals surface area contributed by atoms with Crippen LogP contribution in [0.3, 0.4) is 0 Å². The molecular formula is C14H18Cl2N2O. The standard InChI is InChI=1S/C14H18Cl2N2O/c1-10(14(19)18-6-4-17-5-7-18)8-11-2-3-12(15)9-13(11)16/h2-3,9-10,17H,4-8H2,1H3. The van der Waals surface area contributed by atoms with E-state index >= 15 is 0 Å². The summed E-state index contributed by atoms with van der Waals surface area (Å²) in [6.07, 6.45) is 0.652. The molecule has 0 radical (unpaired) electrons. The average Bonchev–Trinajstić information content (AvgIpc) is 2.42. The lowest BCUT2D eigenvalue weighted by atomic mass is 9.99. The van der Waals surface area contributed by atoms with Crippen LogP contribution in [0.25, 0.3) is 0 Å². The van der Waals surface area contributed by atoms with Gasteiger partial charge in [0.25, 0.3) is 0 Å². The van der Waals surface area contributed by atoms with Crippen LogP contribution in [-0.4, -0.2) is 37.0 Å². The van der Waals surface area contributed by atoms with Crippen molar-refractivity contribution in [2.45, 2.75) is 13.3 Å². The van der Waals surface area contributed by atoms with E-state index in [1.54, 1.807) is 6.07 Å². The van der Waals surface area contributed by atoms with Crippen molar-refractivity contribution in [3.63, 3.8) is 0 Å². The molecule has 0 bridgehead atoms. The highest BCUT2D eigenvalue weighted by Crippen LogP contribution is 2.24. The third-order valence-electron chi connectivity index (χ3n) is 3.39. The van der Waals surface area contributed by atoms with Crippen LogP contribution in [0.5, 0.6) is 0 Å². The number of hydrogen-bond acceptors (Lipinski definition) is 2. The molecule has 1 aliphatic rings. The van der Waals surface area contributed by atoms with Crippen LogP contribution >= 0.6 is 23.2 Å². The second kappa shape index (κ2) is 6.60. The van der Waals surface area contributed by atoms with E-state index in [9.17, 15) is 4.79 Å². The van der Waals surface area contributed by atoms with Crippen LogP contribution in [0.2, 0.25) is 10.0 Å². The molecule has 0 aromatic heterocycles. The van der Waals surface area contributed by atoms with Crippen molar-refractivity contribution in [1.29, 1.82) is 0 Å². The van der Waals surface area contributed by atoms with Crippen LogP contribution in [0.4, 0.5) is 0 Å². The van der Waals surface area contributed by atoms with Crippen LogP contribution in [0, 0.1) is 5.92 Å². The minimum absolute atomic E-state index is 0.0585. The number of hydrogen-bond donors (Lipinski definition) is 1. The third kappa shape index (κ3) is 3.85. The third-order valence-corrected chi connectivity index (χ3v) is 3.98. The largest absolute Gasteiger partial charge is 0.340 e. The smallest absolute Gasteiger partial charge is 0.225 e. The van der Waals surface area contributed by atoms with Gasteiger partial charge in [-0.2, -0.15) is 0 Å². The van der Waals surface area contributed by atoms with Gasteiger partial charge in [0, 0.05) is 42.1 Å². The van der Waals surface area contributed by atoms with Crippen molar-refractivity contribution < 1.29 is 4.79 Å². The average molecular weight is 301 g/mol. The number of carbonyl (C=O) groups excluding carboxylic acids is 1. The number of halogens is 2. The molecule has 1 N–H and O–H groups in total. The molecule has 1 fully saturated rings. The van der Waals surface area contributed by atoms with Crippen molar-refractivity contribution in [2.75, 3.05) is 26.2 Å². The first kappa shape index (κ1) is 14.6. The zero-order valence-corrected chi connectivity index (χ0v) is 12.5. The van der Waals surface area contributed by atoms with Gasteiger partial charge in [0.2, 0.25) is 5.91 Å². The van der Waals surface area contributed by atoms with Crippen LogP contribution in [-0.2, 0) is 11.2 Å². The molecule has 1 atom stereocenters. The van der Waals surface area contributed by atoms with Crippen LogP contribution in [0.1, 0.15) is 12.5 Å². The molecule has 5 heteroatoms. The normalized spacial score (nSPS) is 17.3. The Morgan fingerprint density at radius 1 is 1.37 bits per heavy atom. The molecule has 1 unspecified atom stereocenters. The predicted molar refractivity (Wildman–Crippen MR) is 78.8 cm³/mol. The van der Waals surface area contributed by atoms with E-state index < -0.39 is 0 Å². The Balaban J connectivity index is 1.99. The summed E-state index contributed by atoms with van der Waals surface area (Å²) in [6, 6.07) is 5.43. The highest BCUT2D eigenvalue weighted by atomic mass is 35.5. The summed E-state index contributed by atoms with van der Waals surface area (Å²) in [5.41, 5.74) is 0.974. The molecule has 1 amide bonds. The van der Waals surface area contributed by atoms with Gasteiger partial charge in [-0.3, -0.25) is 4.79 Å². The first-order valence-corrected chi connectivity index (χ1v) is 7.27. The number of carbonyl (C=O) groups is 1. The molecule has 1 aromatic carbocycles. The Bertz CT molecular complexity index is 459. The summed E-state index contributed by atoms with van der Waals surface area (Å²) >= 11 is 12.0. The fourth-order valence-corrected chi connectivity index (χ4v) is 2.79. The highest BCUT2D eigenvalue weighted by Gasteiger charge is 2.22. The van der Waals surface area contributed by atoms with Gasteiger partial charge in [-0.25, -0.2) is 0 Å². The molecule has 0 aliphatic carbocycles. The van der Waals surface area contributed by atoms with Crippen molar-refractivity contribution in [3.05, 3.63) is 33.8 Å². The Morgan fingerprint density at radius 2 is 2.05 bits per heavy atom. The van der Waals surface area contributed by atoms with Gasteiger partial charge >= 0.3 is 0 Å². The van der Waals surface area contributed by atoms with E-state index in [1.807, 2.05) is 24.0 Å². The summed E-state index contributed by atoms with van der Waals surface area (Å²) in [6.45, 7) is 5.28. The topological polar surface area (TPSA) is 32.3 Å². The molecule has 3 nitrogen and oxygen atoms in total. The maximum absolute atomic E-state index is 12.3. The number of rotatable bonds is 3. The van der Waals surface area contributed by atoms with Crippen molar-refractivity contribution >= 4 is 29.1 Å². The lowest BCUT2D eigenvalue weighted by molar-refractivity contribution is -0.135. The first-order chi connectivity index (χ1) is 9.08. The van der Waals surface area contributed by atoms with E-state index in [-0.39, 0.29) is 11.8 Å². The zero-order valence-electron chi connectivity index (χ0n) is 11.0. The first-order valence-electron chi connectivity index (χ1n) is 6.51. The number of nitrogens with zero attached hydrogens (tertiary/aromatic N) is 1. The predicted octanol–water partition coefficient (Wildman–Crippen LogP) is 2.60. The minimum atomic E-state index is -0.0585. The Hall–Kier alpha value is -0.770. The SMILES string of the molecule is CC(Cc1ccc(Cl)cc1Cl)C(=O)N1CCNCC1. The van der Waals surface area contributed by atoms with Crippen molar-refractivity contribution in [3.8, 4) is 0 Å². The van der Waals surface area contributed by atoms with Gasteiger partial charge in [0.05, 0.1) is 0 Å². The molecular weight excluding hydrogens is 283 g/mol. The van der Waals surface area contributed by atoms with Gasteiger partial charge in [-0.1, -0.05) is 36.2 Å². The van der Waals surface area contributed by atoms with Gasteiger partial charge in [-0.05, 0) is 24.1 Å². The number of nitrogens with one attached hydrogen (secondary N) is 1. The maximum Gasteiger partial charge on any atom is 0.225 e. The number of amides is 1. The Labute approximate surface area is 123 Å². The second-order valence-electron chi connectivity index (χ2n) is 4.92. The molecule has 1 heterocycles. The van der Waals surface area contributed by atoms with E-state index in [0.717, 1.165) is 31.7 Å². The summed E-state index contributed by atoms with van der Waals surface area (Å²) in [5, 5.41) is 4.50. The lowest BCUT2D eigenvalue weighted by Crippen LogP contribution is -2.48. The van der Waals surface area contributed by atoms with Gasteiger partial charge in [0.15, 0.2) is 0 Å². The number of benzene rings is 1. The van der Waals surface area contributed by atoms with E-state index in [0.29, 0.717) is 16.5 Å². The summed E-state index contributed by atoms with van der Waals surface area (Å²) < 4.78 is 0. The zero-order chi connectivity index (χ0) is 13.8. The minimum Gasteiger partial charge on any atom is -0.340 e. The van der Waals surface area contributed by atoms with E-state index in [1.165, 1.54) is 0 Å². The molecule has 0 spiro atoms. The molecule has 1 saturated heterocycles. The number of piperazine rings is 1. The molecule has 2 rings (SSSR count). The molecule has 1 aromatic rings. The van der Waals surface area contributed by atoms with Gasteiger partial charge < -0.3 is 10.2 Å². The second-order valence-corrected chi connectivity index (χ2v) is 5.76. The monoisotopic (exact) mass is 300 g/mol. The summed E-state index contributed by atoms with van der Waals surface area (Å²) in [5.74, 6) is 0.143. The highest BCUT2D eigenvalue weighted by molar-refractivity contribution is 6.35. The van der Waals surface area contributed by atoms with E-state index in [2.05, 4.69) is 5.32 Å². The van der Waals surface area contributed by atoms with E-state index in [4.69, 9.17) is 23.2 Å². The summed E-state index contributed by atoms with van der Waals surface area (Å²) in [7, 11) is 0. The molecule has 104 valence electrons.